The van der Waals surface area contributed by atoms with Crippen LogP contribution < -0.4 is 0 Å². The Morgan fingerprint density at radius 2 is 0.880 bits per heavy atom. The number of hydrogen-bond donors (Lipinski definition) is 1. The first-order valence-electron chi connectivity index (χ1n) is 8.79. The standard InChI is InChI=1S/C10H8.C10H22.CH4O3S/c1-2-6-10-8-4-3-7-9(10)5-1;1-7(2)9(5)10(6)8(3)4;1-5(2,3)4/h1-8H;7-10H,1-6H3;1H3,(H,2,3,4). The number of rotatable bonds is 3. The lowest BCUT2D eigenvalue weighted by atomic mass is 9.80. The van der Waals surface area contributed by atoms with Crippen LogP contribution in [0.2, 0.25) is 0 Å². The van der Waals surface area contributed by atoms with Crippen LogP contribution in [0, 0.1) is 23.7 Å². The van der Waals surface area contributed by atoms with Crippen LogP contribution in [0.3, 0.4) is 0 Å². The van der Waals surface area contributed by atoms with Crippen LogP contribution in [0.4, 0.5) is 0 Å². The predicted octanol–water partition coefficient (Wildman–Crippen LogP) is 5.91. The van der Waals surface area contributed by atoms with Gasteiger partial charge in [0.2, 0.25) is 0 Å². The van der Waals surface area contributed by atoms with Crippen LogP contribution in [0.15, 0.2) is 48.5 Å². The van der Waals surface area contributed by atoms with Crippen LogP contribution in [-0.4, -0.2) is 19.2 Å². The summed E-state index contributed by atoms with van der Waals surface area (Å²) in [5, 5.41) is 2.62. The maximum Gasteiger partial charge on any atom is 0.261 e. The van der Waals surface area contributed by atoms with Crippen LogP contribution in [-0.2, 0) is 10.1 Å². The largest absolute Gasteiger partial charge is 0.286 e. The molecule has 0 bridgehead atoms. The Labute approximate surface area is 154 Å². The van der Waals surface area contributed by atoms with Crippen molar-refractivity contribution in [3.05, 3.63) is 48.5 Å². The van der Waals surface area contributed by atoms with Gasteiger partial charge in [0.1, 0.15) is 0 Å². The maximum absolute atomic E-state index is 9.19. The fourth-order valence-electron chi connectivity index (χ4n) is 2.35. The van der Waals surface area contributed by atoms with Crippen molar-refractivity contribution in [2.75, 3.05) is 6.26 Å². The van der Waals surface area contributed by atoms with Crippen molar-refractivity contribution in [2.24, 2.45) is 23.7 Å². The second kappa shape index (κ2) is 11.3. The lowest BCUT2D eigenvalue weighted by molar-refractivity contribution is 0.235. The number of fused-ring (bicyclic) bond motifs is 1. The highest BCUT2D eigenvalue weighted by atomic mass is 32.2. The molecule has 3 nitrogen and oxygen atoms in total. The van der Waals surface area contributed by atoms with Gasteiger partial charge in [-0.1, -0.05) is 90.1 Å². The third-order valence-corrected chi connectivity index (χ3v) is 4.59. The summed E-state index contributed by atoms with van der Waals surface area (Å²) in [5.41, 5.74) is 0. The van der Waals surface area contributed by atoms with E-state index in [2.05, 4.69) is 90.1 Å². The Bertz CT molecular complexity index is 620. The molecule has 0 radical (unpaired) electrons. The van der Waals surface area contributed by atoms with E-state index in [0.29, 0.717) is 6.26 Å². The molecule has 2 atom stereocenters. The molecule has 2 rings (SSSR count). The Balaban J connectivity index is 0.000000368. The van der Waals surface area contributed by atoms with Gasteiger partial charge < -0.3 is 0 Å². The average molecular weight is 367 g/mol. The molecule has 0 aliphatic rings. The van der Waals surface area contributed by atoms with Gasteiger partial charge in [-0.3, -0.25) is 4.55 Å². The molecular formula is C21H34O3S. The molecule has 0 heterocycles. The molecule has 142 valence electrons. The lowest BCUT2D eigenvalue weighted by Crippen LogP contribution is -2.18. The van der Waals surface area contributed by atoms with Crippen LogP contribution >= 0.6 is 0 Å². The van der Waals surface area contributed by atoms with Gasteiger partial charge in [0.15, 0.2) is 0 Å². The van der Waals surface area contributed by atoms with E-state index in [9.17, 15) is 8.42 Å². The first-order chi connectivity index (χ1) is 11.4. The van der Waals surface area contributed by atoms with E-state index in [1.54, 1.807) is 0 Å². The Morgan fingerprint density at radius 1 is 0.680 bits per heavy atom. The summed E-state index contributed by atoms with van der Waals surface area (Å²) in [7, 11) is -3.67. The fourth-order valence-corrected chi connectivity index (χ4v) is 2.35. The summed E-state index contributed by atoms with van der Waals surface area (Å²) in [5.74, 6) is 3.38. The highest BCUT2D eigenvalue weighted by Gasteiger charge is 2.17. The zero-order valence-corrected chi connectivity index (χ0v) is 17.4. The Kier molecular flexibility index (Phi) is 10.6. The van der Waals surface area contributed by atoms with E-state index in [1.807, 2.05) is 0 Å². The SMILES string of the molecule is CC(C)C(C)C(C)C(C)C.CS(=O)(=O)O.c1ccc2ccccc2c1. The maximum atomic E-state index is 9.19. The van der Waals surface area contributed by atoms with Gasteiger partial charge in [-0.2, -0.15) is 8.42 Å². The van der Waals surface area contributed by atoms with Gasteiger partial charge in [-0.25, -0.2) is 0 Å². The minimum absolute atomic E-state index is 0.715. The van der Waals surface area contributed by atoms with Crippen molar-refractivity contribution in [2.45, 2.75) is 41.5 Å². The van der Waals surface area contributed by atoms with E-state index in [4.69, 9.17) is 4.55 Å². The van der Waals surface area contributed by atoms with Crippen molar-refractivity contribution in [1.29, 1.82) is 0 Å². The molecule has 25 heavy (non-hydrogen) atoms. The normalized spacial score (nSPS) is 13.5. The molecule has 2 aromatic carbocycles. The molecule has 4 heteroatoms. The highest BCUT2D eigenvalue weighted by Crippen LogP contribution is 2.25. The fraction of sp³-hybridized carbons (Fsp3) is 0.524. The second-order valence-electron chi connectivity index (χ2n) is 7.29. The summed E-state index contributed by atoms with van der Waals surface area (Å²) in [6, 6.07) is 16.7. The topological polar surface area (TPSA) is 54.4 Å². The van der Waals surface area contributed by atoms with Gasteiger partial charge in [-0.15, -0.1) is 0 Å². The molecule has 0 saturated carbocycles. The van der Waals surface area contributed by atoms with Gasteiger partial charge in [0, 0.05) is 0 Å². The summed E-state index contributed by atoms with van der Waals surface area (Å²) in [6.45, 7) is 13.9. The van der Waals surface area contributed by atoms with Crippen molar-refractivity contribution < 1.29 is 13.0 Å². The molecule has 2 unspecified atom stereocenters. The van der Waals surface area contributed by atoms with E-state index in [1.165, 1.54) is 10.8 Å². The van der Waals surface area contributed by atoms with E-state index < -0.39 is 10.1 Å². The van der Waals surface area contributed by atoms with Crippen LogP contribution in [0.25, 0.3) is 10.8 Å². The molecule has 0 spiro atoms. The molecule has 0 aromatic heterocycles. The van der Waals surface area contributed by atoms with E-state index >= 15 is 0 Å². The average Bonchev–Trinajstić information content (AvgIpc) is 2.52. The molecule has 0 aliphatic heterocycles. The van der Waals surface area contributed by atoms with Crippen molar-refractivity contribution >= 4 is 20.9 Å². The number of benzene rings is 2. The highest BCUT2D eigenvalue weighted by molar-refractivity contribution is 7.85. The zero-order chi connectivity index (χ0) is 19.6. The quantitative estimate of drug-likeness (QED) is 0.687. The molecule has 1 N–H and O–H groups in total. The van der Waals surface area contributed by atoms with Gasteiger partial charge >= 0.3 is 0 Å². The minimum Gasteiger partial charge on any atom is -0.286 e. The minimum atomic E-state index is -3.67. The molecular weight excluding hydrogens is 332 g/mol. The third kappa shape index (κ3) is 11.7. The lowest BCUT2D eigenvalue weighted by Gasteiger charge is -2.26. The monoisotopic (exact) mass is 366 g/mol. The first kappa shape index (κ1) is 23.6. The summed E-state index contributed by atoms with van der Waals surface area (Å²) < 4.78 is 25.9. The molecule has 0 amide bonds. The van der Waals surface area contributed by atoms with Crippen LogP contribution in [0.1, 0.15) is 41.5 Å². The smallest absolute Gasteiger partial charge is 0.261 e. The van der Waals surface area contributed by atoms with Gasteiger partial charge in [0.25, 0.3) is 10.1 Å². The van der Waals surface area contributed by atoms with E-state index in [0.717, 1.165) is 23.7 Å². The summed E-state index contributed by atoms with van der Waals surface area (Å²) >= 11 is 0. The van der Waals surface area contributed by atoms with Crippen molar-refractivity contribution in [3.63, 3.8) is 0 Å². The Morgan fingerprint density at radius 3 is 1.04 bits per heavy atom. The van der Waals surface area contributed by atoms with E-state index in [-0.39, 0.29) is 0 Å². The summed E-state index contributed by atoms with van der Waals surface area (Å²) in [6.07, 6.45) is 0.715. The molecule has 0 saturated heterocycles. The molecule has 0 aliphatic carbocycles. The predicted molar refractivity (Wildman–Crippen MR) is 109 cm³/mol. The first-order valence-corrected chi connectivity index (χ1v) is 10.6. The van der Waals surface area contributed by atoms with Crippen molar-refractivity contribution in [1.82, 2.24) is 0 Å². The van der Waals surface area contributed by atoms with Crippen LogP contribution in [0.5, 0.6) is 0 Å². The Hall–Kier alpha value is -1.39. The summed E-state index contributed by atoms with van der Waals surface area (Å²) in [4.78, 5) is 0. The molecule has 0 fully saturated rings. The number of hydrogen-bond acceptors (Lipinski definition) is 2. The van der Waals surface area contributed by atoms with Gasteiger partial charge in [-0.05, 0) is 34.4 Å². The molecule has 2 aromatic rings. The van der Waals surface area contributed by atoms with Gasteiger partial charge in [0.05, 0.1) is 6.26 Å². The van der Waals surface area contributed by atoms with Crippen molar-refractivity contribution in [3.8, 4) is 0 Å². The second-order valence-corrected chi connectivity index (χ2v) is 8.75. The third-order valence-electron chi connectivity index (χ3n) is 4.59. The zero-order valence-electron chi connectivity index (χ0n) is 16.6.